The van der Waals surface area contributed by atoms with E-state index in [1.807, 2.05) is 42.6 Å². The standard InChI is InChI=1S/C35H21N5/c36-22-23-10-7-18-31(40-32-19-9-20-37-34(32)27-14-8-21-38-35(27)40)33(23)26-13-3-6-17-30(26)39-28-15-4-1-11-24(28)25-12-2-5-16-29(25)39/h1-21H. The number of nitrogens with zero attached hydrogens (tertiary/aromatic N) is 5. The fourth-order valence-electron chi connectivity index (χ4n) is 6.07. The van der Waals surface area contributed by atoms with Crippen LogP contribution in [0.5, 0.6) is 0 Å². The summed E-state index contributed by atoms with van der Waals surface area (Å²) in [4.78, 5) is 9.47. The van der Waals surface area contributed by atoms with E-state index in [4.69, 9.17) is 9.97 Å². The fourth-order valence-corrected chi connectivity index (χ4v) is 6.07. The number of pyridine rings is 2. The minimum absolute atomic E-state index is 0.598. The van der Waals surface area contributed by atoms with Crippen LogP contribution in [0.2, 0.25) is 0 Å². The van der Waals surface area contributed by atoms with Crippen molar-refractivity contribution in [1.82, 2.24) is 19.1 Å². The Labute approximate surface area is 229 Å². The van der Waals surface area contributed by atoms with Crippen molar-refractivity contribution in [3.8, 4) is 28.6 Å². The lowest BCUT2D eigenvalue weighted by Gasteiger charge is -2.19. The van der Waals surface area contributed by atoms with Gasteiger partial charge >= 0.3 is 0 Å². The average molecular weight is 512 g/mol. The van der Waals surface area contributed by atoms with Gasteiger partial charge in [-0.25, -0.2) is 4.98 Å². The van der Waals surface area contributed by atoms with Gasteiger partial charge in [0.1, 0.15) is 5.65 Å². The van der Waals surface area contributed by atoms with E-state index in [9.17, 15) is 5.26 Å². The summed E-state index contributed by atoms with van der Waals surface area (Å²) in [5, 5.41) is 13.8. The third kappa shape index (κ3) is 3.08. The molecule has 8 rings (SSSR count). The maximum absolute atomic E-state index is 10.4. The van der Waals surface area contributed by atoms with E-state index < -0.39 is 0 Å². The van der Waals surface area contributed by atoms with Gasteiger partial charge in [0, 0.05) is 39.7 Å². The number of nitriles is 1. The van der Waals surface area contributed by atoms with Crippen LogP contribution in [0.15, 0.2) is 128 Å². The second kappa shape index (κ2) is 8.65. The molecule has 4 aromatic heterocycles. The van der Waals surface area contributed by atoms with Gasteiger partial charge in [0.15, 0.2) is 0 Å². The Morgan fingerprint density at radius 1 is 0.525 bits per heavy atom. The molecule has 5 heteroatoms. The molecule has 0 saturated carbocycles. The summed E-state index contributed by atoms with van der Waals surface area (Å²) in [5.41, 5.74) is 9.20. The van der Waals surface area contributed by atoms with Crippen molar-refractivity contribution in [3.63, 3.8) is 0 Å². The molecule has 40 heavy (non-hydrogen) atoms. The Balaban J connectivity index is 1.51. The van der Waals surface area contributed by atoms with Crippen molar-refractivity contribution < 1.29 is 0 Å². The molecule has 0 saturated heterocycles. The first-order valence-corrected chi connectivity index (χ1v) is 13.2. The Morgan fingerprint density at radius 2 is 1.15 bits per heavy atom. The molecule has 0 N–H and O–H groups in total. The van der Waals surface area contributed by atoms with Crippen molar-refractivity contribution >= 4 is 43.9 Å². The van der Waals surface area contributed by atoms with E-state index in [1.54, 1.807) is 6.20 Å². The number of aromatic nitrogens is 4. The van der Waals surface area contributed by atoms with Crippen LogP contribution in [-0.4, -0.2) is 19.1 Å². The van der Waals surface area contributed by atoms with Gasteiger partial charge in [-0.2, -0.15) is 5.26 Å². The normalized spacial score (nSPS) is 11.5. The quantitative estimate of drug-likeness (QED) is 0.240. The summed E-state index contributed by atoms with van der Waals surface area (Å²) >= 11 is 0. The zero-order chi connectivity index (χ0) is 26.6. The minimum atomic E-state index is 0.598. The number of fused-ring (bicyclic) bond motifs is 6. The predicted molar refractivity (Wildman–Crippen MR) is 161 cm³/mol. The van der Waals surface area contributed by atoms with Crippen LogP contribution < -0.4 is 0 Å². The molecule has 4 aromatic carbocycles. The number of benzene rings is 4. The minimum Gasteiger partial charge on any atom is -0.309 e. The number of hydrogen-bond acceptors (Lipinski definition) is 3. The Bertz CT molecular complexity index is 2190. The summed E-state index contributed by atoms with van der Waals surface area (Å²) in [6.07, 6.45) is 3.61. The lowest BCUT2D eigenvalue weighted by atomic mass is 9.96. The molecule has 0 radical (unpaired) electrons. The number of hydrogen-bond donors (Lipinski definition) is 0. The smallest absolute Gasteiger partial charge is 0.147 e. The van der Waals surface area contributed by atoms with E-state index in [2.05, 4.69) is 94.1 Å². The van der Waals surface area contributed by atoms with E-state index in [0.29, 0.717) is 5.56 Å². The van der Waals surface area contributed by atoms with Gasteiger partial charge in [0.05, 0.1) is 45.1 Å². The maximum atomic E-state index is 10.4. The fraction of sp³-hybridized carbons (Fsp3) is 0. The molecule has 5 nitrogen and oxygen atoms in total. The lowest BCUT2D eigenvalue weighted by molar-refractivity contribution is 1.13. The van der Waals surface area contributed by atoms with Gasteiger partial charge in [-0.1, -0.05) is 60.7 Å². The van der Waals surface area contributed by atoms with Crippen LogP contribution in [0.25, 0.3) is 66.4 Å². The highest BCUT2D eigenvalue weighted by atomic mass is 15.1. The van der Waals surface area contributed by atoms with Gasteiger partial charge in [-0.3, -0.25) is 9.55 Å². The molecule has 186 valence electrons. The molecule has 0 aliphatic carbocycles. The van der Waals surface area contributed by atoms with Crippen molar-refractivity contribution in [2.75, 3.05) is 0 Å². The average Bonchev–Trinajstić information content (AvgIpc) is 3.54. The Morgan fingerprint density at radius 3 is 1.95 bits per heavy atom. The summed E-state index contributed by atoms with van der Waals surface area (Å²) in [6.45, 7) is 0. The predicted octanol–water partition coefficient (Wildman–Crippen LogP) is 8.21. The monoisotopic (exact) mass is 511 g/mol. The first kappa shape index (κ1) is 22.3. The molecular formula is C35H21N5. The third-order valence-electron chi connectivity index (χ3n) is 7.68. The summed E-state index contributed by atoms with van der Waals surface area (Å²) in [5.74, 6) is 0. The summed E-state index contributed by atoms with van der Waals surface area (Å²) in [6, 6.07) is 41.7. The molecule has 0 amide bonds. The van der Waals surface area contributed by atoms with Crippen LogP contribution in [0.4, 0.5) is 0 Å². The van der Waals surface area contributed by atoms with Gasteiger partial charge < -0.3 is 4.57 Å². The summed E-state index contributed by atoms with van der Waals surface area (Å²) in [7, 11) is 0. The SMILES string of the molecule is N#Cc1cccc(-n2c3cccnc3c3cccnc32)c1-c1ccccc1-n1c2ccccc2c2ccccc21. The topological polar surface area (TPSA) is 59.4 Å². The molecule has 0 spiro atoms. The van der Waals surface area contributed by atoms with Crippen LogP contribution in [0, 0.1) is 11.3 Å². The van der Waals surface area contributed by atoms with Gasteiger partial charge in [0.25, 0.3) is 0 Å². The highest BCUT2D eigenvalue weighted by Gasteiger charge is 2.22. The molecule has 0 bridgehead atoms. The van der Waals surface area contributed by atoms with E-state index in [0.717, 1.165) is 55.6 Å². The molecule has 4 heterocycles. The molecule has 0 fully saturated rings. The van der Waals surface area contributed by atoms with E-state index >= 15 is 0 Å². The Kier molecular flexibility index (Phi) is 4.82. The van der Waals surface area contributed by atoms with Crippen molar-refractivity contribution in [2.45, 2.75) is 0 Å². The van der Waals surface area contributed by atoms with Gasteiger partial charge in [-0.15, -0.1) is 0 Å². The van der Waals surface area contributed by atoms with Crippen molar-refractivity contribution in [3.05, 3.63) is 133 Å². The van der Waals surface area contributed by atoms with E-state index in [1.165, 1.54) is 10.8 Å². The first-order chi connectivity index (χ1) is 19.8. The van der Waals surface area contributed by atoms with Gasteiger partial charge in [0.2, 0.25) is 0 Å². The first-order valence-electron chi connectivity index (χ1n) is 13.2. The Hall–Kier alpha value is -5.73. The van der Waals surface area contributed by atoms with Crippen LogP contribution in [-0.2, 0) is 0 Å². The largest absolute Gasteiger partial charge is 0.309 e. The molecule has 0 aliphatic rings. The van der Waals surface area contributed by atoms with Crippen LogP contribution in [0.1, 0.15) is 5.56 Å². The zero-order valence-electron chi connectivity index (χ0n) is 21.4. The van der Waals surface area contributed by atoms with Gasteiger partial charge in [-0.05, 0) is 54.6 Å². The summed E-state index contributed by atoms with van der Waals surface area (Å²) < 4.78 is 4.44. The van der Waals surface area contributed by atoms with Crippen molar-refractivity contribution in [1.29, 1.82) is 5.26 Å². The molecule has 0 unspecified atom stereocenters. The molecule has 0 aliphatic heterocycles. The maximum Gasteiger partial charge on any atom is 0.147 e. The highest BCUT2D eigenvalue weighted by Crippen LogP contribution is 2.41. The molecule has 8 aromatic rings. The lowest BCUT2D eigenvalue weighted by Crippen LogP contribution is -2.03. The van der Waals surface area contributed by atoms with Crippen LogP contribution >= 0.6 is 0 Å². The van der Waals surface area contributed by atoms with E-state index in [-0.39, 0.29) is 0 Å². The third-order valence-corrected chi connectivity index (χ3v) is 7.68. The molecular weight excluding hydrogens is 490 g/mol. The number of rotatable bonds is 3. The van der Waals surface area contributed by atoms with Crippen molar-refractivity contribution in [2.24, 2.45) is 0 Å². The second-order valence-corrected chi connectivity index (χ2v) is 9.78. The van der Waals surface area contributed by atoms with Crippen LogP contribution in [0.3, 0.4) is 0 Å². The molecule has 0 atom stereocenters. The highest BCUT2D eigenvalue weighted by molar-refractivity contribution is 6.10. The second-order valence-electron chi connectivity index (χ2n) is 9.78. The number of para-hydroxylation sites is 3. The zero-order valence-corrected chi connectivity index (χ0v) is 21.4.